The zero-order valence-electron chi connectivity index (χ0n) is 12.2. The van der Waals surface area contributed by atoms with Gasteiger partial charge in [0.25, 0.3) is 0 Å². The van der Waals surface area contributed by atoms with E-state index in [1.807, 2.05) is 28.9 Å². The average Bonchev–Trinajstić information content (AvgIpc) is 2.90. The summed E-state index contributed by atoms with van der Waals surface area (Å²) in [6, 6.07) is 0.336. The van der Waals surface area contributed by atoms with E-state index in [2.05, 4.69) is 22.5 Å². The zero-order chi connectivity index (χ0) is 13.5. The molecule has 0 bridgehead atoms. The van der Waals surface area contributed by atoms with E-state index >= 15 is 0 Å². The second-order valence-corrected chi connectivity index (χ2v) is 6.25. The van der Waals surface area contributed by atoms with Gasteiger partial charge in [0.15, 0.2) is 0 Å². The number of amides is 1. The summed E-state index contributed by atoms with van der Waals surface area (Å²) in [5, 5.41) is 6.40. The van der Waals surface area contributed by atoms with Crippen LogP contribution in [0.3, 0.4) is 0 Å². The smallest absolute Gasteiger partial charge is 0.221 e. The van der Waals surface area contributed by atoms with Crippen molar-refractivity contribution >= 4 is 42.5 Å². The first-order chi connectivity index (χ1) is 9.24. The Kier molecular flexibility index (Phi) is 11.0. The lowest BCUT2D eigenvalue weighted by Gasteiger charge is -2.23. The minimum absolute atomic E-state index is 0. The van der Waals surface area contributed by atoms with Crippen molar-refractivity contribution in [2.24, 2.45) is 5.92 Å². The van der Waals surface area contributed by atoms with E-state index in [1.165, 1.54) is 0 Å². The average molecular weight is 355 g/mol. The fraction of sp³-hybridized carbons (Fsp3) is 0.692. The molecule has 2 rings (SSSR count). The van der Waals surface area contributed by atoms with Crippen LogP contribution in [0.25, 0.3) is 0 Å². The molecule has 0 radical (unpaired) electrons. The third-order valence-electron chi connectivity index (χ3n) is 3.16. The highest BCUT2D eigenvalue weighted by molar-refractivity contribution is 7.99. The van der Waals surface area contributed by atoms with Crippen molar-refractivity contribution in [3.8, 4) is 0 Å². The van der Waals surface area contributed by atoms with Crippen molar-refractivity contribution < 1.29 is 4.79 Å². The van der Waals surface area contributed by atoms with Crippen LogP contribution < -0.4 is 10.6 Å². The summed E-state index contributed by atoms with van der Waals surface area (Å²) in [4.78, 5) is 15.9. The summed E-state index contributed by atoms with van der Waals surface area (Å²) in [5.74, 6) is 2.75. The highest BCUT2D eigenvalue weighted by Gasteiger charge is 2.16. The molecule has 2 N–H and O–H groups in total. The Hall–Kier alpha value is -0.430. The van der Waals surface area contributed by atoms with E-state index in [9.17, 15) is 4.79 Å². The molecule has 5 nitrogen and oxygen atoms in total. The molecule has 0 aromatic carbocycles. The lowest BCUT2D eigenvalue weighted by atomic mass is 10.1. The molecule has 1 aliphatic rings. The summed E-state index contributed by atoms with van der Waals surface area (Å²) in [7, 11) is 0. The van der Waals surface area contributed by atoms with Crippen LogP contribution in [0.5, 0.6) is 0 Å². The Balaban J connectivity index is 0.00000200. The second-order valence-electron chi connectivity index (χ2n) is 5.10. The summed E-state index contributed by atoms with van der Waals surface area (Å²) in [5.41, 5.74) is 0. The van der Waals surface area contributed by atoms with Crippen LogP contribution in [-0.2, 0) is 11.3 Å². The molecule has 1 amide bonds. The normalized spacial score (nSPS) is 19.0. The monoisotopic (exact) mass is 354 g/mol. The third-order valence-corrected chi connectivity index (χ3v) is 4.29. The van der Waals surface area contributed by atoms with Gasteiger partial charge in [-0.15, -0.1) is 24.8 Å². The molecule has 1 fully saturated rings. The molecule has 8 heteroatoms. The molecule has 2 unspecified atom stereocenters. The Morgan fingerprint density at radius 2 is 2.38 bits per heavy atom. The van der Waals surface area contributed by atoms with Crippen LogP contribution in [0.2, 0.25) is 0 Å². The van der Waals surface area contributed by atoms with Crippen LogP contribution in [0, 0.1) is 5.92 Å². The van der Waals surface area contributed by atoms with Gasteiger partial charge in [-0.3, -0.25) is 4.79 Å². The van der Waals surface area contributed by atoms with Gasteiger partial charge >= 0.3 is 0 Å². The minimum atomic E-state index is 0. The SMILES string of the molecule is CC(CNC(=O)CC1CSCCN1)Cn1ccnc1.Cl.Cl. The van der Waals surface area contributed by atoms with Gasteiger partial charge in [-0.2, -0.15) is 11.8 Å². The Morgan fingerprint density at radius 3 is 3.00 bits per heavy atom. The van der Waals surface area contributed by atoms with Crippen molar-refractivity contribution in [1.29, 1.82) is 0 Å². The largest absolute Gasteiger partial charge is 0.356 e. The van der Waals surface area contributed by atoms with Crippen molar-refractivity contribution in [2.45, 2.75) is 25.9 Å². The van der Waals surface area contributed by atoms with Gasteiger partial charge in [-0.25, -0.2) is 4.98 Å². The number of carbonyl (C=O) groups excluding carboxylic acids is 1. The molecule has 2 heterocycles. The molecular formula is C13H24Cl2N4OS. The number of thioether (sulfide) groups is 1. The summed E-state index contributed by atoms with van der Waals surface area (Å²) >= 11 is 1.92. The second kappa shape index (κ2) is 11.2. The number of nitrogens with one attached hydrogen (secondary N) is 2. The van der Waals surface area contributed by atoms with Crippen LogP contribution in [0.4, 0.5) is 0 Å². The van der Waals surface area contributed by atoms with E-state index in [4.69, 9.17) is 0 Å². The van der Waals surface area contributed by atoms with Gasteiger partial charge in [0.1, 0.15) is 0 Å². The van der Waals surface area contributed by atoms with Crippen LogP contribution in [-0.4, -0.2) is 46.1 Å². The van der Waals surface area contributed by atoms with E-state index in [0.717, 1.165) is 31.1 Å². The maximum absolute atomic E-state index is 11.8. The molecule has 122 valence electrons. The fourth-order valence-electron chi connectivity index (χ4n) is 2.15. The van der Waals surface area contributed by atoms with E-state index < -0.39 is 0 Å². The number of halogens is 2. The lowest BCUT2D eigenvalue weighted by Crippen LogP contribution is -2.42. The van der Waals surface area contributed by atoms with Crippen molar-refractivity contribution in [3.05, 3.63) is 18.7 Å². The summed E-state index contributed by atoms with van der Waals surface area (Å²) < 4.78 is 2.04. The maximum atomic E-state index is 11.8. The minimum Gasteiger partial charge on any atom is -0.356 e. The number of rotatable bonds is 6. The quantitative estimate of drug-likeness (QED) is 0.813. The zero-order valence-corrected chi connectivity index (χ0v) is 14.6. The van der Waals surface area contributed by atoms with Gasteiger partial charge in [-0.1, -0.05) is 6.92 Å². The number of imidazole rings is 1. The number of hydrogen-bond donors (Lipinski definition) is 2. The molecule has 1 aromatic rings. The van der Waals surface area contributed by atoms with Gasteiger partial charge < -0.3 is 15.2 Å². The third kappa shape index (κ3) is 7.95. The van der Waals surface area contributed by atoms with E-state index in [1.54, 1.807) is 6.20 Å². The molecule has 2 atom stereocenters. The van der Waals surface area contributed by atoms with Crippen molar-refractivity contribution in [1.82, 2.24) is 20.2 Å². The van der Waals surface area contributed by atoms with Gasteiger partial charge in [0, 0.05) is 56.0 Å². The van der Waals surface area contributed by atoms with Crippen molar-refractivity contribution in [3.63, 3.8) is 0 Å². The molecule has 1 saturated heterocycles. The van der Waals surface area contributed by atoms with Gasteiger partial charge in [0.2, 0.25) is 5.91 Å². The molecule has 21 heavy (non-hydrogen) atoms. The first-order valence-corrected chi connectivity index (χ1v) is 7.93. The van der Waals surface area contributed by atoms with Crippen molar-refractivity contribution in [2.75, 3.05) is 24.6 Å². The highest BCUT2D eigenvalue weighted by atomic mass is 35.5. The predicted molar refractivity (Wildman–Crippen MR) is 92.6 cm³/mol. The molecule has 0 spiro atoms. The molecule has 0 aliphatic carbocycles. The Bertz CT molecular complexity index is 386. The highest BCUT2D eigenvalue weighted by Crippen LogP contribution is 2.10. The maximum Gasteiger partial charge on any atom is 0.221 e. The summed E-state index contributed by atoms with van der Waals surface area (Å²) in [6.07, 6.45) is 6.12. The van der Waals surface area contributed by atoms with Crippen LogP contribution in [0.15, 0.2) is 18.7 Å². The van der Waals surface area contributed by atoms with Gasteiger partial charge in [-0.05, 0) is 5.92 Å². The topological polar surface area (TPSA) is 59.0 Å². The number of aromatic nitrogens is 2. The Morgan fingerprint density at radius 1 is 1.57 bits per heavy atom. The Labute approximate surface area is 142 Å². The van der Waals surface area contributed by atoms with Crippen LogP contribution >= 0.6 is 36.6 Å². The molecule has 1 aliphatic heterocycles. The van der Waals surface area contributed by atoms with Gasteiger partial charge in [0.05, 0.1) is 6.33 Å². The van der Waals surface area contributed by atoms with E-state index in [0.29, 0.717) is 18.4 Å². The number of nitrogens with zero attached hydrogens (tertiary/aromatic N) is 2. The first-order valence-electron chi connectivity index (χ1n) is 6.77. The number of carbonyl (C=O) groups is 1. The lowest BCUT2D eigenvalue weighted by molar-refractivity contribution is -0.121. The molecule has 0 saturated carbocycles. The molecule has 1 aromatic heterocycles. The van der Waals surface area contributed by atoms with Crippen LogP contribution in [0.1, 0.15) is 13.3 Å². The predicted octanol–water partition coefficient (Wildman–Crippen LogP) is 1.57. The standard InChI is InChI=1S/C13H22N4OS.2ClH/c1-11(8-17-4-2-14-10-17)7-16-13(18)6-12-9-19-5-3-15-12;;/h2,4,10-12,15H,3,5-9H2,1H3,(H,16,18);2*1H. The summed E-state index contributed by atoms with van der Waals surface area (Å²) in [6.45, 7) is 4.75. The first kappa shape index (κ1) is 20.6. The number of hydrogen-bond acceptors (Lipinski definition) is 4. The molecular weight excluding hydrogens is 331 g/mol. The van der Waals surface area contributed by atoms with E-state index in [-0.39, 0.29) is 30.7 Å². The fourth-order valence-corrected chi connectivity index (χ4v) is 3.10.